The smallest absolute Gasteiger partial charge is 0.267 e. The Labute approximate surface area is 181 Å². The van der Waals surface area contributed by atoms with Gasteiger partial charge in [-0.2, -0.15) is 0 Å². The number of aromatic nitrogens is 3. The summed E-state index contributed by atoms with van der Waals surface area (Å²) in [7, 11) is -3.37. The van der Waals surface area contributed by atoms with Crippen LogP contribution in [-0.2, 0) is 10.0 Å². The molecular weight excluding hydrogens is 442 g/mol. The highest BCUT2D eigenvalue weighted by Crippen LogP contribution is 2.32. The molecule has 4 aromatic rings. The van der Waals surface area contributed by atoms with E-state index in [1.807, 2.05) is 0 Å². The number of benzene rings is 1. The molecule has 32 heavy (non-hydrogen) atoms. The average Bonchev–Trinajstić information content (AvgIpc) is 2.73. The van der Waals surface area contributed by atoms with Crippen LogP contribution in [0.2, 0.25) is 0 Å². The molecule has 3 aromatic heterocycles. The maximum absolute atomic E-state index is 14.1. The molecule has 0 aliphatic rings. The Bertz CT molecular complexity index is 1500. The van der Waals surface area contributed by atoms with E-state index in [9.17, 15) is 22.0 Å². The highest BCUT2D eigenvalue weighted by atomic mass is 32.2. The molecule has 0 saturated carbocycles. The Morgan fingerprint density at radius 1 is 1.09 bits per heavy atom. The molecule has 1 aromatic carbocycles. The molecular formula is C21H16F2N4O4S. The van der Waals surface area contributed by atoms with E-state index >= 15 is 0 Å². The number of fused-ring (bicyclic) bond motifs is 1. The van der Waals surface area contributed by atoms with Gasteiger partial charge in [0.25, 0.3) is 15.6 Å². The van der Waals surface area contributed by atoms with Crippen LogP contribution in [0.1, 0.15) is 5.56 Å². The monoisotopic (exact) mass is 458 g/mol. The zero-order valence-corrected chi connectivity index (χ0v) is 17.7. The van der Waals surface area contributed by atoms with Gasteiger partial charge in [-0.3, -0.25) is 13.9 Å². The fraction of sp³-hybridized carbons (Fsp3) is 0.0952. The zero-order valence-electron chi connectivity index (χ0n) is 16.8. The molecule has 3 heterocycles. The molecule has 164 valence electrons. The number of pyridine rings is 2. The summed E-state index contributed by atoms with van der Waals surface area (Å²) < 4.78 is 62.2. The van der Waals surface area contributed by atoms with E-state index in [0.717, 1.165) is 23.8 Å². The number of nitrogens with one attached hydrogen (secondary N) is 1. The lowest BCUT2D eigenvalue weighted by Crippen LogP contribution is -2.17. The van der Waals surface area contributed by atoms with E-state index in [1.54, 1.807) is 19.2 Å². The summed E-state index contributed by atoms with van der Waals surface area (Å²) in [5.41, 5.74) is 1.76. The SMILES string of the molecule is COc1ncc(-c2cn3c(=O)ccnc3cc2C)cc1NS(=O)(=O)c1c(F)cccc1F. The molecule has 11 heteroatoms. The second-order valence-electron chi connectivity index (χ2n) is 6.82. The number of hydrogen-bond acceptors (Lipinski definition) is 6. The first kappa shape index (κ1) is 21.4. The van der Waals surface area contributed by atoms with Crippen molar-refractivity contribution in [3.63, 3.8) is 0 Å². The van der Waals surface area contributed by atoms with Gasteiger partial charge in [-0.1, -0.05) is 6.07 Å². The van der Waals surface area contributed by atoms with Crippen LogP contribution in [0.25, 0.3) is 16.8 Å². The topological polar surface area (TPSA) is 103 Å². The summed E-state index contributed by atoms with van der Waals surface area (Å²) in [5, 5.41) is 0. The second-order valence-corrected chi connectivity index (χ2v) is 8.44. The molecule has 1 N–H and O–H groups in total. The van der Waals surface area contributed by atoms with Gasteiger partial charge in [0, 0.05) is 35.8 Å². The molecule has 0 amide bonds. The Hall–Kier alpha value is -3.86. The predicted octanol–water partition coefficient (Wildman–Crippen LogP) is 3.15. The van der Waals surface area contributed by atoms with Gasteiger partial charge in [0.2, 0.25) is 5.88 Å². The minimum Gasteiger partial charge on any atom is -0.480 e. The van der Waals surface area contributed by atoms with Crippen molar-refractivity contribution in [2.45, 2.75) is 11.8 Å². The van der Waals surface area contributed by atoms with Crippen LogP contribution in [0.5, 0.6) is 5.88 Å². The van der Waals surface area contributed by atoms with Gasteiger partial charge < -0.3 is 4.74 Å². The Balaban J connectivity index is 1.84. The number of anilines is 1. The van der Waals surface area contributed by atoms with E-state index in [4.69, 9.17) is 4.74 Å². The van der Waals surface area contributed by atoms with Crippen LogP contribution in [0, 0.1) is 18.6 Å². The van der Waals surface area contributed by atoms with E-state index in [0.29, 0.717) is 16.8 Å². The third-order valence-corrected chi connectivity index (χ3v) is 6.14. The first-order valence-corrected chi connectivity index (χ1v) is 10.7. The number of aryl methyl sites for hydroxylation is 1. The van der Waals surface area contributed by atoms with E-state index in [2.05, 4.69) is 14.7 Å². The summed E-state index contributed by atoms with van der Waals surface area (Å²) >= 11 is 0. The molecule has 8 nitrogen and oxygen atoms in total. The van der Waals surface area contributed by atoms with Crippen molar-refractivity contribution < 1.29 is 21.9 Å². The zero-order chi connectivity index (χ0) is 23.0. The standard InChI is InChI=1S/C21H16F2N4O4S/c1-12-8-18-24-7-6-19(28)27(18)11-14(12)13-9-17(21(31-2)25-10-13)26-32(29,30)20-15(22)4-3-5-16(20)23/h3-11,26H,1-2H3. The number of hydrogen-bond donors (Lipinski definition) is 1. The van der Waals surface area contributed by atoms with E-state index in [1.165, 1.54) is 36.0 Å². The molecule has 4 rings (SSSR count). The number of sulfonamides is 1. The first-order valence-electron chi connectivity index (χ1n) is 9.20. The van der Waals surface area contributed by atoms with Gasteiger partial charge in [-0.05, 0) is 36.8 Å². The highest BCUT2D eigenvalue weighted by molar-refractivity contribution is 7.92. The van der Waals surface area contributed by atoms with Crippen molar-refractivity contribution in [2.75, 3.05) is 11.8 Å². The van der Waals surface area contributed by atoms with Crippen LogP contribution in [-0.4, -0.2) is 29.9 Å². The summed E-state index contributed by atoms with van der Waals surface area (Å²) in [6.45, 7) is 1.79. The van der Waals surface area contributed by atoms with Gasteiger partial charge in [-0.15, -0.1) is 0 Å². The van der Waals surface area contributed by atoms with Gasteiger partial charge in [0.05, 0.1) is 7.11 Å². The van der Waals surface area contributed by atoms with Crippen LogP contribution in [0.3, 0.4) is 0 Å². The fourth-order valence-corrected chi connectivity index (χ4v) is 4.43. The Kier molecular flexibility index (Phi) is 5.35. The number of methoxy groups -OCH3 is 1. The molecule has 0 atom stereocenters. The third kappa shape index (κ3) is 3.78. The quantitative estimate of drug-likeness (QED) is 0.493. The van der Waals surface area contributed by atoms with E-state index in [-0.39, 0.29) is 17.1 Å². The van der Waals surface area contributed by atoms with Gasteiger partial charge >= 0.3 is 0 Å². The van der Waals surface area contributed by atoms with Crippen molar-refractivity contribution in [3.05, 3.63) is 82.5 Å². The van der Waals surface area contributed by atoms with Crippen LogP contribution < -0.4 is 15.0 Å². The fourth-order valence-electron chi connectivity index (χ4n) is 3.24. The van der Waals surface area contributed by atoms with Crippen molar-refractivity contribution in [3.8, 4) is 17.0 Å². The summed E-state index contributed by atoms with van der Waals surface area (Å²) in [4.78, 5) is 19.3. The number of rotatable bonds is 5. The minimum absolute atomic E-state index is 0.105. The molecule has 0 bridgehead atoms. The predicted molar refractivity (Wildman–Crippen MR) is 113 cm³/mol. The van der Waals surface area contributed by atoms with Gasteiger partial charge in [0.15, 0.2) is 4.90 Å². The number of halogens is 2. The van der Waals surface area contributed by atoms with Crippen LogP contribution in [0.4, 0.5) is 14.5 Å². The van der Waals surface area contributed by atoms with Crippen LogP contribution in [0.15, 0.2) is 64.7 Å². The number of nitrogens with zero attached hydrogens (tertiary/aromatic N) is 3. The molecule has 0 saturated heterocycles. The minimum atomic E-state index is -4.64. The first-order chi connectivity index (χ1) is 15.2. The lowest BCUT2D eigenvalue weighted by molar-refractivity contribution is 0.400. The molecule has 0 aliphatic heterocycles. The largest absolute Gasteiger partial charge is 0.480 e. The maximum atomic E-state index is 14.1. The van der Waals surface area contributed by atoms with Gasteiger partial charge in [0.1, 0.15) is 23.0 Å². The lowest BCUT2D eigenvalue weighted by atomic mass is 10.0. The third-order valence-electron chi connectivity index (χ3n) is 4.72. The van der Waals surface area contributed by atoms with Crippen LogP contribution >= 0.6 is 0 Å². The van der Waals surface area contributed by atoms with Crippen molar-refractivity contribution in [1.82, 2.24) is 14.4 Å². The molecule has 0 fully saturated rings. The molecule has 0 unspecified atom stereocenters. The van der Waals surface area contributed by atoms with Crippen molar-refractivity contribution in [2.24, 2.45) is 0 Å². The summed E-state index contributed by atoms with van der Waals surface area (Å²) in [6.07, 6.45) is 4.38. The summed E-state index contributed by atoms with van der Waals surface area (Å²) in [5.74, 6) is -2.58. The molecule has 0 radical (unpaired) electrons. The van der Waals surface area contributed by atoms with Gasteiger partial charge in [-0.25, -0.2) is 27.2 Å². The molecule has 0 spiro atoms. The van der Waals surface area contributed by atoms with E-state index < -0.39 is 26.6 Å². The highest BCUT2D eigenvalue weighted by Gasteiger charge is 2.25. The maximum Gasteiger partial charge on any atom is 0.267 e. The Morgan fingerprint density at radius 2 is 1.81 bits per heavy atom. The number of ether oxygens (including phenoxy) is 1. The van der Waals surface area contributed by atoms with Crippen molar-refractivity contribution >= 4 is 21.4 Å². The van der Waals surface area contributed by atoms with Crippen molar-refractivity contribution in [1.29, 1.82) is 0 Å². The lowest BCUT2D eigenvalue weighted by Gasteiger charge is -2.14. The normalized spacial score (nSPS) is 11.5. The average molecular weight is 458 g/mol. The second kappa shape index (κ2) is 8.00. The summed E-state index contributed by atoms with van der Waals surface area (Å²) in [6, 6.07) is 7.14. The Morgan fingerprint density at radius 3 is 2.50 bits per heavy atom. The molecule has 0 aliphatic carbocycles.